The number of nitrogens with zero attached hydrogens (tertiary/aromatic N) is 1. The van der Waals surface area contributed by atoms with Crippen molar-refractivity contribution in [2.45, 2.75) is 11.8 Å². The SMILES string of the molecule is COC(=O)C1(C(=O)OC)OC(N(C)c2ccccc2)C=C1c1ccc2ccccc2c1. The van der Waals surface area contributed by atoms with Crippen LogP contribution >= 0.6 is 0 Å². The Morgan fingerprint density at radius 1 is 0.871 bits per heavy atom. The van der Waals surface area contributed by atoms with E-state index in [1.807, 2.05) is 84.7 Å². The van der Waals surface area contributed by atoms with E-state index in [1.54, 1.807) is 6.08 Å². The van der Waals surface area contributed by atoms with Crippen LogP contribution in [0.25, 0.3) is 16.3 Å². The fourth-order valence-corrected chi connectivity index (χ4v) is 3.88. The van der Waals surface area contributed by atoms with Crippen LogP contribution in [0.3, 0.4) is 0 Å². The van der Waals surface area contributed by atoms with E-state index >= 15 is 0 Å². The van der Waals surface area contributed by atoms with E-state index in [1.165, 1.54) is 14.2 Å². The highest BCUT2D eigenvalue weighted by molar-refractivity contribution is 6.17. The molecule has 1 unspecified atom stereocenters. The Balaban J connectivity index is 1.87. The van der Waals surface area contributed by atoms with E-state index in [9.17, 15) is 9.59 Å². The predicted molar refractivity (Wildman–Crippen MR) is 118 cm³/mol. The molecule has 0 aromatic heterocycles. The third-order valence-electron chi connectivity index (χ3n) is 5.54. The normalized spacial score (nSPS) is 17.1. The molecule has 0 radical (unpaired) electrons. The Kier molecular flexibility index (Phi) is 5.48. The molecule has 0 bridgehead atoms. The van der Waals surface area contributed by atoms with Gasteiger partial charge in [0.05, 0.1) is 14.2 Å². The summed E-state index contributed by atoms with van der Waals surface area (Å²) >= 11 is 0. The first-order chi connectivity index (χ1) is 15.0. The topological polar surface area (TPSA) is 65.1 Å². The van der Waals surface area contributed by atoms with Crippen molar-refractivity contribution >= 4 is 34.0 Å². The van der Waals surface area contributed by atoms with Crippen molar-refractivity contribution in [1.29, 1.82) is 0 Å². The van der Waals surface area contributed by atoms with Gasteiger partial charge in [-0.15, -0.1) is 0 Å². The second kappa shape index (κ2) is 8.24. The zero-order valence-electron chi connectivity index (χ0n) is 17.6. The lowest BCUT2D eigenvalue weighted by atomic mass is 9.88. The van der Waals surface area contributed by atoms with Crippen LogP contribution in [0.15, 0.2) is 78.9 Å². The highest BCUT2D eigenvalue weighted by Crippen LogP contribution is 2.42. The molecular weight excluding hydrogens is 394 g/mol. The van der Waals surface area contributed by atoms with E-state index in [0.29, 0.717) is 11.1 Å². The number of carbonyl (C=O) groups excluding carboxylic acids is 2. The third kappa shape index (κ3) is 3.45. The number of esters is 2. The first kappa shape index (κ1) is 20.6. The van der Waals surface area contributed by atoms with Crippen molar-refractivity contribution < 1.29 is 23.8 Å². The van der Waals surface area contributed by atoms with Gasteiger partial charge in [-0.1, -0.05) is 54.6 Å². The lowest BCUT2D eigenvalue weighted by Crippen LogP contribution is -2.51. The molecule has 0 spiro atoms. The monoisotopic (exact) mass is 417 g/mol. The molecule has 3 aromatic rings. The maximum Gasteiger partial charge on any atom is 0.354 e. The van der Waals surface area contributed by atoms with Gasteiger partial charge < -0.3 is 19.1 Å². The second-order valence-corrected chi connectivity index (χ2v) is 7.26. The van der Waals surface area contributed by atoms with Crippen molar-refractivity contribution in [3.63, 3.8) is 0 Å². The number of hydrogen-bond donors (Lipinski definition) is 0. The molecule has 4 rings (SSSR count). The van der Waals surface area contributed by atoms with Crippen LogP contribution in [0, 0.1) is 0 Å². The van der Waals surface area contributed by atoms with Gasteiger partial charge in [-0.3, -0.25) is 0 Å². The van der Waals surface area contributed by atoms with E-state index in [4.69, 9.17) is 14.2 Å². The first-order valence-electron chi connectivity index (χ1n) is 9.85. The van der Waals surface area contributed by atoms with Gasteiger partial charge in [-0.25, -0.2) is 9.59 Å². The van der Waals surface area contributed by atoms with Crippen LogP contribution in [-0.2, 0) is 23.8 Å². The second-order valence-electron chi connectivity index (χ2n) is 7.26. The zero-order valence-corrected chi connectivity index (χ0v) is 17.6. The van der Waals surface area contributed by atoms with Gasteiger partial charge in [0.25, 0.3) is 5.60 Å². The number of fused-ring (bicyclic) bond motifs is 1. The number of ether oxygens (including phenoxy) is 3. The molecule has 0 saturated carbocycles. The molecule has 3 aromatic carbocycles. The average molecular weight is 417 g/mol. The van der Waals surface area contributed by atoms with Gasteiger partial charge in [-0.05, 0) is 40.6 Å². The molecule has 0 amide bonds. The third-order valence-corrected chi connectivity index (χ3v) is 5.54. The van der Waals surface area contributed by atoms with Gasteiger partial charge in [0, 0.05) is 18.3 Å². The average Bonchev–Trinajstić information content (AvgIpc) is 3.24. The summed E-state index contributed by atoms with van der Waals surface area (Å²) in [5.74, 6) is -1.66. The maximum atomic E-state index is 13.0. The lowest BCUT2D eigenvalue weighted by Gasteiger charge is -2.30. The number of benzene rings is 3. The molecular formula is C25H23NO5. The molecule has 0 fully saturated rings. The van der Waals surface area contributed by atoms with Crippen LogP contribution in [0.2, 0.25) is 0 Å². The van der Waals surface area contributed by atoms with Crippen molar-refractivity contribution in [3.05, 3.63) is 84.4 Å². The zero-order chi connectivity index (χ0) is 22.0. The number of para-hydroxylation sites is 1. The van der Waals surface area contributed by atoms with Gasteiger partial charge >= 0.3 is 11.9 Å². The highest BCUT2D eigenvalue weighted by atomic mass is 16.6. The van der Waals surface area contributed by atoms with Crippen LogP contribution in [0.4, 0.5) is 5.69 Å². The fraction of sp³-hybridized carbons (Fsp3) is 0.200. The van der Waals surface area contributed by atoms with E-state index < -0.39 is 23.8 Å². The molecule has 31 heavy (non-hydrogen) atoms. The van der Waals surface area contributed by atoms with Crippen molar-refractivity contribution in [2.75, 3.05) is 26.2 Å². The van der Waals surface area contributed by atoms with Crippen LogP contribution in [0.1, 0.15) is 5.56 Å². The summed E-state index contributed by atoms with van der Waals surface area (Å²) in [5, 5.41) is 2.02. The molecule has 1 aliphatic heterocycles. The Hall–Kier alpha value is -3.64. The van der Waals surface area contributed by atoms with E-state index in [2.05, 4.69) is 0 Å². The fourth-order valence-electron chi connectivity index (χ4n) is 3.88. The van der Waals surface area contributed by atoms with Crippen molar-refractivity contribution in [1.82, 2.24) is 0 Å². The molecule has 1 aliphatic rings. The summed E-state index contributed by atoms with van der Waals surface area (Å²) in [4.78, 5) is 27.8. The van der Waals surface area contributed by atoms with Gasteiger partial charge in [0.15, 0.2) is 6.23 Å². The van der Waals surface area contributed by atoms with Gasteiger partial charge in [0.2, 0.25) is 0 Å². The molecule has 6 nitrogen and oxygen atoms in total. The lowest BCUT2D eigenvalue weighted by molar-refractivity contribution is -0.180. The summed E-state index contributed by atoms with van der Waals surface area (Å²) in [6.45, 7) is 0. The molecule has 0 saturated heterocycles. The van der Waals surface area contributed by atoms with Crippen LogP contribution < -0.4 is 4.90 Å². The van der Waals surface area contributed by atoms with Crippen LogP contribution in [-0.4, -0.2) is 45.0 Å². The molecule has 0 aliphatic carbocycles. The minimum atomic E-state index is -2.03. The summed E-state index contributed by atoms with van der Waals surface area (Å²) in [6.07, 6.45) is 1.08. The summed E-state index contributed by atoms with van der Waals surface area (Å²) in [5.41, 5.74) is -0.0880. The largest absolute Gasteiger partial charge is 0.466 e. The molecule has 1 heterocycles. The highest BCUT2D eigenvalue weighted by Gasteiger charge is 2.59. The Morgan fingerprint density at radius 3 is 2.13 bits per heavy atom. The Bertz CT molecular complexity index is 1140. The predicted octanol–water partition coefficient (Wildman–Crippen LogP) is 3.80. The Labute approximate surface area is 180 Å². The molecule has 158 valence electrons. The summed E-state index contributed by atoms with van der Waals surface area (Å²) < 4.78 is 16.2. The maximum absolute atomic E-state index is 13.0. The number of rotatable bonds is 5. The summed E-state index contributed by atoms with van der Waals surface area (Å²) in [6, 6.07) is 23.2. The first-order valence-corrected chi connectivity index (χ1v) is 9.85. The smallest absolute Gasteiger partial charge is 0.354 e. The van der Waals surface area contributed by atoms with Gasteiger partial charge in [-0.2, -0.15) is 0 Å². The van der Waals surface area contributed by atoms with E-state index in [0.717, 1.165) is 16.5 Å². The minimum absolute atomic E-state index is 0.393. The number of methoxy groups -OCH3 is 2. The number of hydrogen-bond acceptors (Lipinski definition) is 6. The number of anilines is 1. The van der Waals surface area contributed by atoms with E-state index in [-0.39, 0.29) is 0 Å². The van der Waals surface area contributed by atoms with Crippen LogP contribution in [0.5, 0.6) is 0 Å². The minimum Gasteiger partial charge on any atom is -0.466 e. The Morgan fingerprint density at radius 2 is 1.48 bits per heavy atom. The quantitative estimate of drug-likeness (QED) is 0.465. The summed E-state index contributed by atoms with van der Waals surface area (Å²) in [7, 11) is 4.28. The molecule has 0 N–H and O–H groups in total. The van der Waals surface area contributed by atoms with Crippen molar-refractivity contribution in [2.24, 2.45) is 0 Å². The van der Waals surface area contributed by atoms with Gasteiger partial charge in [0.1, 0.15) is 0 Å². The number of likely N-dealkylation sites (N-methyl/N-ethyl adjacent to an activating group) is 1. The molecule has 6 heteroatoms. The standard InChI is InChI=1S/C25H23NO5/c1-26(20-11-5-4-6-12-20)22-16-21(25(31-22,23(27)29-2)24(28)30-3)19-14-13-17-9-7-8-10-18(17)15-19/h4-16,22H,1-3H3. The molecule has 1 atom stereocenters. The van der Waals surface area contributed by atoms with Crippen molar-refractivity contribution in [3.8, 4) is 0 Å². The number of carbonyl (C=O) groups is 2.